The molecular weight excluding hydrogens is 204 g/mol. The molecule has 0 aliphatic rings. The summed E-state index contributed by atoms with van der Waals surface area (Å²) in [4.78, 5) is 0.219. The molecule has 0 radical (unpaired) electrons. The van der Waals surface area contributed by atoms with E-state index in [1.165, 1.54) is 24.3 Å². The molecule has 0 aliphatic carbocycles. The van der Waals surface area contributed by atoms with Crippen LogP contribution in [0.2, 0.25) is 5.02 Å². The maximum absolute atomic E-state index is 10.8. The normalized spacial score (nSPS) is 15.8. The Hall–Kier alpha value is -0.160. The molecule has 2 nitrogen and oxygen atoms in total. The van der Waals surface area contributed by atoms with Crippen molar-refractivity contribution in [3.8, 4) is 0 Å². The quantitative estimate of drug-likeness (QED) is 0.766. The number of rotatable bonds is 1. The van der Waals surface area contributed by atoms with E-state index >= 15 is 0 Å². The molecular formula is C6H5ClO2S2. The first kappa shape index (κ1) is 8.93. The molecule has 0 fully saturated rings. The van der Waals surface area contributed by atoms with E-state index in [4.69, 9.17) is 16.2 Å². The molecule has 1 atom stereocenters. The minimum atomic E-state index is -3.24. The zero-order valence-corrected chi connectivity index (χ0v) is 7.75. The van der Waals surface area contributed by atoms with Crippen molar-refractivity contribution >= 4 is 31.6 Å². The molecule has 5 heteroatoms. The van der Waals surface area contributed by atoms with E-state index < -0.39 is 8.77 Å². The molecule has 1 aromatic rings. The third-order valence-electron chi connectivity index (χ3n) is 1.11. The third-order valence-corrected chi connectivity index (χ3v) is 2.81. The predicted molar refractivity (Wildman–Crippen MR) is 47.9 cm³/mol. The number of hydrogen-bond acceptors (Lipinski definition) is 2. The summed E-state index contributed by atoms with van der Waals surface area (Å²) in [6.45, 7) is 0. The van der Waals surface area contributed by atoms with Crippen LogP contribution in [0.5, 0.6) is 0 Å². The number of benzene rings is 1. The van der Waals surface area contributed by atoms with Crippen molar-refractivity contribution in [2.45, 2.75) is 4.90 Å². The van der Waals surface area contributed by atoms with Crippen LogP contribution in [0.15, 0.2) is 29.2 Å². The van der Waals surface area contributed by atoms with Crippen molar-refractivity contribution in [2.75, 3.05) is 0 Å². The molecule has 1 rings (SSSR count). The van der Waals surface area contributed by atoms with Crippen LogP contribution in [-0.4, -0.2) is 8.76 Å². The van der Waals surface area contributed by atoms with Gasteiger partial charge in [-0.2, -0.15) is 0 Å². The highest BCUT2D eigenvalue weighted by molar-refractivity contribution is 8.29. The van der Waals surface area contributed by atoms with Crippen LogP contribution in [0.25, 0.3) is 0 Å². The highest BCUT2D eigenvalue weighted by Crippen LogP contribution is 2.13. The van der Waals surface area contributed by atoms with E-state index in [1.807, 2.05) is 0 Å². The van der Waals surface area contributed by atoms with E-state index in [2.05, 4.69) is 11.2 Å². The minimum absolute atomic E-state index is 0.219. The van der Waals surface area contributed by atoms with E-state index in [0.717, 1.165) is 0 Å². The van der Waals surface area contributed by atoms with Gasteiger partial charge in [0, 0.05) is 16.2 Å². The third kappa shape index (κ3) is 2.41. The van der Waals surface area contributed by atoms with Gasteiger partial charge in [0.2, 0.25) is 0 Å². The van der Waals surface area contributed by atoms with E-state index in [1.54, 1.807) is 0 Å². The number of hydrogen-bond donors (Lipinski definition) is 1. The molecule has 0 heterocycles. The molecule has 0 saturated carbocycles. The molecule has 1 N–H and O–H groups in total. The standard InChI is InChI=1S/C6H5ClO2S2/c7-5-1-3-6(4-2-5)11(8,9)10/h1-4H,(H,8,9,10). The Kier molecular flexibility index (Phi) is 2.49. The molecule has 0 saturated heterocycles. The summed E-state index contributed by atoms with van der Waals surface area (Å²) in [5, 5.41) is 0.521. The van der Waals surface area contributed by atoms with Gasteiger partial charge in [0.25, 0.3) is 0 Å². The van der Waals surface area contributed by atoms with Gasteiger partial charge in [0.05, 0.1) is 4.90 Å². The molecule has 1 unspecified atom stereocenters. The maximum atomic E-state index is 10.8. The molecule has 1 aromatic carbocycles. The minimum Gasteiger partial charge on any atom is -0.302 e. The zero-order valence-electron chi connectivity index (χ0n) is 5.36. The van der Waals surface area contributed by atoms with Crippen molar-refractivity contribution in [2.24, 2.45) is 0 Å². The van der Waals surface area contributed by atoms with E-state index in [-0.39, 0.29) is 4.90 Å². The Balaban J connectivity index is 3.20. The van der Waals surface area contributed by atoms with Crippen LogP contribution in [-0.2, 0) is 20.0 Å². The smallest absolute Gasteiger partial charge is 0.171 e. The topological polar surface area (TPSA) is 37.3 Å². The predicted octanol–water partition coefficient (Wildman–Crippen LogP) is 1.92. The Bertz CT molecular complexity index is 341. The summed E-state index contributed by atoms with van der Waals surface area (Å²) in [5.74, 6) is 0. The van der Waals surface area contributed by atoms with Crippen molar-refractivity contribution in [1.82, 2.24) is 0 Å². The van der Waals surface area contributed by atoms with Crippen molar-refractivity contribution in [3.63, 3.8) is 0 Å². The fourth-order valence-electron chi connectivity index (χ4n) is 0.607. The van der Waals surface area contributed by atoms with E-state index in [0.29, 0.717) is 5.02 Å². The summed E-state index contributed by atoms with van der Waals surface area (Å²) in [5.41, 5.74) is 0. The summed E-state index contributed by atoms with van der Waals surface area (Å²) in [6.07, 6.45) is 0. The molecule has 0 aromatic heterocycles. The van der Waals surface area contributed by atoms with Crippen molar-refractivity contribution in [1.29, 1.82) is 0 Å². The first-order valence-corrected chi connectivity index (χ1v) is 5.55. The molecule has 11 heavy (non-hydrogen) atoms. The average Bonchev–Trinajstić information content (AvgIpc) is 1.86. The first-order chi connectivity index (χ1) is 5.00. The van der Waals surface area contributed by atoms with Crippen LogP contribution in [0.1, 0.15) is 0 Å². The average molecular weight is 209 g/mol. The van der Waals surface area contributed by atoms with Gasteiger partial charge in [-0.1, -0.05) is 11.6 Å². The fraction of sp³-hybridized carbons (Fsp3) is 0. The second kappa shape index (κ2) is 3.06. The fourth-order valence-corrected chi connectivity index (χ4v) is 1.55. The lowest BCUT2D eigenvalue weighted by Gasteiger charge is -1.97. The van der Waals surface area contributed by atoms with Crippen LogP contribution in [0.4, 0.5) is 0 Å². The summed E-state index contributed by atoms with van der Waals surface area (Å²) in [7, 11) is -3.24. The largest absolute Gasteiger partial charge is 0.302 e. The van der Waals surface area contributed by atoms with Crippen LogP contribution in [0, 0.1) is 0 Å². The highest BCUT2D eigenvalue weighted by atomic mass is 35.5. The van der Waals surface area contributed by atoms with Gasteiger partial charge in [-0.05, 0) is 24.3 Å². The van der Waals surface area contributed by atoms with E-state index in [9.17, 15) is 4.21 Å². The van der Waals surface area contributed by atoms with Crippen LogP contribution in [0.3, 0.4) is 0 Å². The monoisotopic (exact) mass is 208 g/mol. The van der Waals surface area contributed by atoms with Gasteiger partial charge >= 0.3 is 0 Å². The van der Waals surface area contributed by atoms with Gasteiger partial charge in [0.15, 0.2) is 8.77 Å². The highest BCUT2D eigenvalue weighted by Gasteiger charge is 2.02. The number of halogens is 1. The summed E-state index contributed by atoms with van der Waals surface area (Å²) < 4.78 is 19.7. The van der Waals surface area contributed by atoms with Gasteiger partial charge in [-0.3, -0.25) is 0 Å². The molecule has 0 spiro atoms. The second-order valence-electron chi connectivity index (χ2n) is 1.93. The summed E-state index contributed by atoms with van der Waals surface area (Å²) in [6, 6.07) is 5.94. The van der Waals surface area contributed by atoms with Gasteiger partial charge in [0.1, 0.15) is 0 Å². The lowest BCUT2D eigenvalue weighted by molar-refractivity contribution is 0.561. The van der Waals surface area contributed by atoms with Gasteiger partial charge < -0.3 is 4.55 Å². The van der Waals surface area contributed by atoms with Crippen LogP contribution < -0.4 is 0 Å². The van der Waals surface area contributed by atoms with Crippen molar-refractivity contribution in [3.05, 3.63) is 29.3 Å². The maximum Gasteiger partial charge on any atom is 0.171 e. The Morgan fingerprint density at radius 2 is 1.82 bits per heavy atom. The SMILES string of the molecule is O=S(O)(=S)c1ccc(Cl)cc1. The Morgan fingerprint density at radius 3 is 2.18 bits per heavy atom. The molecule has 60 valence electrons. The summed E-state index contributed by atoms with van der Waals surface area (Å²) >= 11 is 9.89. The lowest BCUT2D eigenvalue weighted by atomic mass is 10.4. The lowest BCUT2D eigenvalue weighted by Crippen LogP contribution is -1.94. The Morgan fingerprint density at radius 1 is 1.36 bits per heavy atom. The second-order valence-corrected chi connectivity index (χ2v) is 5.14. The van der Waals surface area contributed by atoms with Gasteiger partial charge in [-0.15, -0.1) is 0 Å². The first-order valence-electron chi connectivity index (χ1n) is 2.73. The molecule has 0 bridgehead atoms. The van der Waals surface area contributed by atoms with Gasteiger partial charge in [-0.25, -0.2) is 4.21 Å². The van der Waals surface area contributed by atoms with Crippen molar-refractivity contribution < 1.29 is 8.76 Å². The molecule has 0 amide bonds. The Labute approximate surface area is 74.7 Å². The van der Waals surface area contributed by atoms with Crippen LogP contribution >= 0.6 is 11.6 Å². The zero-order chi connectivity index (χ0) is 8.48. The molecule has 0 aliphatic heterocycles.